The summed E-state index contributed by atoms with van der Waals surface area (Å²) in [6, 6.07) is 15.8. The van der Waals surface area contributed by atoms with Crippen LogP contribution in [0.3, 0.4) is 0 Å². The van der Waals surface area contributed by atoms with E-state index in [0.717, 1.165) is 19.3 Å². The average molecular weight is 321 g/mol. The highest BCUT2D eigenvalue weighted by atomic mass is 16.5. The summed E-state index contributed by atoms with van der Waals surface area (Å²) in [6.07, 6.45) is 6.61. The molecule has 0 heterocycles. The molecule has 0 fully saturated rings. The molecule has 2 aromatic rings. The van der Waals surface area contributed by atoms with E-state index in [9.17, 15) is 9.59 Å². The Labute approximate surface area is 141 Å². The van der Waals surface area contributed by atoms with Gasteiger partial charge < -0.3 is 10.1 Å². The predicted octanol–water partition coefficient (Wildman–Crippen LogP) is 4.20. The predicted molar refractivity (Wildman–Crippen MR) is 93.0 cm³/mol. The SMILES string of the molecule is O=C(Nc1ccc(OC(=O)C2CC=CCC2)cc1)c1ccccc1. The van der Waals surface area contributed by atoms with Gasteiger partial charge in [0.1, 0.15) is 5.75 Å². The van der Waals surface area contributed by atoms with Crippen molar-refractivity contribution in [2.24, 2.45) is 5.92 Å². The van der Waals surface area contributed by atoms with Crippen molar-refractivity contribution in [3.63, 3.8) is 0 Å². The van der Waals surface area contributed by atoms with E-state index in [-0.39, 0.29) is 17.8 Å². The summed E-state index contributed by atoms with van der Waals surface area (Å²) in [4.78, 5) is 24.2. The van der Waals surface area contributed by atoms with E-state index in [1.54, 1.807) is 36.4 Å². The van der Waals surface area contributed by atoms with Gasteiger partial charge in [-0.05, 0) is 55.7 Å². The van der Waals surface area contributed by atoms with Gasteiger partial charge in [-0.3, -0.25) is 9.59 Å². The number of benzene rings is 2. The minimum atomic E-state index is -0.194. The number of nitrogens with one attached hydrogen (secondary N) is 1. The number of anilines is 1. The summed E-state index contributed by atoms with van der Waals surface area (Å²) in [6.45, 7) is 0. The Bertz CT molecular complexity index is 735. The van der Waals surface area contributed by atoms with E-state index in [4.69, 9.17) is 4.74 Å². The zero-order valence-electron chi connectivity index (χ0n) is 13.3. The van der Waals surface area contributed by atoms with Crippen molar-refractivity contribution in [2.75, 3.05) is 5.32 Å². The third-order valence-electron chi connectivity index (χ3n) is 3.97. The maximum Gasteiger partial charge on any atom is 0.314 e. The van der Waals surface area contributed by atoms with Gasteiger partial charge >= 0.3 is 5.97 Å². The van der Waals surface area contributed by atoms with Crippen LogP contribution in [0.1, 0.15) is 29.6 Å². The van der Waals surface area contributed by atoms with Crippen LogP contribution in [0.4, 0.5) is 5.69 Å². The van der Waals surface area contributed by atoms with Gasteiger partial charge in [-0.25, -0.2) is 0 Å². The summed E-state index contributed by atoms with van der Waals surface area (Å²) in [5, 5.41) is 2.81. The van der Waals surface area contributed by atoms with Gasteiger partial charge in [-0.2, -0.15) is 0 Å². The number of amides is 1. The van der Waals surface area contributed by atoms with Crippen molar-refractivity contribution in [2.45, 2.75) is 19.3 Å². The van der Waals surface area contributed by atoms with Crippen molar-refractivity contribution >= 4 is 17.6 Å². The molecule has 0 saturated heterocycles. The lowest BCUT2D eigenvalue weighted by Crippen LogP contribution is -2.21. The fourth-order valence-electron chi connectivity index (χ4n) is 2.61. The van der Waals surface area contributed by atoms with Gasteiger partial charge in [0, 0.05) is 11.3 Å². The van der Waals surface area contributed by atoms with Gasteiger partial charge in [-0.1, -0.05) is 30.4 Å². The molecular weight excluding hydrogens is 302 g/mol. The molecule has 1 aliphatic rings. The molecule has 1 N–H and O–H groups in total. The highest BCUT2D eigenvalue weighted by Gasteiger charge is 2.20. The summed E-state index contributed by atoms with van der Waals surface area (Å²) in [5.74, 6) is 0.0643. The first kappa shape index (κ1) is 16.0. The van der Waals surface area contributed by atoms with Crippen LogP contribution in [0.5, 0.6) is 5.75 Å². The van der Waals surface area contributed by atoms with E-state index in [2.05, 4.69) is 11.4 Å². The lowest BCUT2D eigenvalue weighted by Gasteiger charge is -2.16. The monoisotopic (exact) mass is 321 g/mol. The second-order valence-electron chi connectivity index (χ2n) is 5.75. The Morgan fingerprint density at radius 1 is 0.958 bits per heavy atom. The van der Waals surface area contributed by atoms with Crippen molar-refractivity contribution in [1.29, 1.82) is 0 Å². The van der Waals surface area contributed by atoms with E-state index in [0.29, 0.717) is 17.0 Å². The topological polar surface area (TPSA) is 55.4 Å². The Hall–Kier alpha value is -2.88. The highest BCUT2D eigenvalue weighted by Crippen LogP contribution is 2.22. The third-order valence-corrected chi connectivity index (χ3v) is 3.97. The molecule has 4 heteroatoms. The van der Waals surface area contributed by atoms with Gasteiger partial charge in [0.25, 0.3) is 5.91 Å². The van der Waals surface area contributed by atoms with Crippen LogP contribution in [-0.2, 0) is 4.79 Å². The molecule has 24 heavy (non-hydrogen) atoms. The van der Waals surface area contributed by atoms with E-state index >= 15 is 0 Å². The first-order valence-electron chi connectivity index (χ1n) is 8.05. The molecular formula is C20H19NO3. The summed E-state index contributed by atoms with van der Waals surface area (Å²) in [5.41, 5.74) is 1.25. The van der Waals surface area contributed by atoms with Crippen LogP contribution in [0.15, 0.2) is 66.7 Å². The van der Waals surface area contributed by atoms with Crippen molar-refractivity contribution in [3.8, 4) is 5.75 Å². The van der Waals surface area contributed by atoms with Gasteiger partial charge in [-0.15, -0.1) is 0 Å². The molecule has 122 valence electrons. The molecule has 4 nitrogen and oxygen atoms in total. The van der Waals surface area contributed by atoms with E-state index in [1.165, 1.54) is 0 Å². The number of carbonyl (C=O) groups excluding carboxylic acids is 2. The van der Waals surface area contributed by atoms with E-state index < -0.39 is 0 Å². The van der Waals surface area contributed by atoms with E-state index in [1.807, 2.05) is 24.3 Å². The molecule has 1 amide bonds. The Balaban J connectivity index is 1.58. The zero-order valence-corrected chi connectivity index (χ0v) is 13.3. The largest absolute Gasteiger partial charge is 0.426 e. The van der Waals surface area contributed by atoms with Crippen LogP contribution < -0.4 is 10.1 Å². The van der Waals surface area contributed by atoms with Crippen molar-refractivity contribution < 1.29 is 14.3 Å². The summed E-state index contributed by atoms with van der Waals surface area (Å²) < 4.78 is 5.41. The number of esters is 1. The van der Waals surface area contributed by atoms with Crippen molar-refractivity contribution in [3.05, 3.63) is 72.3 Å². The van der Waals surface area contributed by atoms with Gasteiger partial charge in [0.05, 0.1) is 5.92 Å². The van der Waals surface area contributed by atoms with Crippen LogP contribution in [0.2, 0.25) is 0 Å². The Kier molecular flexibility index (Phi) is 5.06. The molecule has 1 aliphatic carbocycles. The number of allylic oxidation sites excluding steroid dienone is 2. The summed E-state index contributed by atoms with van der Waals surface area (Å²) >= 11 is 0. The fraction of sp³-hybridized carbons (Fsp3) is 0.200. The molecule has 0 aromatic heterocycles. The molecule has 1 unspecified atom stereocenters. The lowest BCUT2D eigenvalue weighted by atomic mass is 9.95. The van der Waals surface area contributed by atoms with Gasteiger partial charge in [0.2, 0.25) is 0 Å². The van der Waals surface area contributed by atoms with Crippen molar-refractivity contribution in [1.82, 2.24) is 0 Å². The molecule has 2 aromatic carbocycles. The summed E-state index contributed by atoms with van der Waals surface area (Å²) in [7, 11) is 0. The smallest absolute Gasteiger partial charge is 0.314 e. The fourth-order valence-corrected chi connectivity index (χ4v) is 2.61. The molecule has 0 bridgehead atoms. The Morgan fingerprint density at radius 3 is 2.38 bits per heavy atom. The lowest BCUT2D eigenvalue weighted by molar-refractivity contribution is -0.139. The second-order valence-corrected chi connectivity index (χ2v) is 5.75. The standard InChI is InChI=1S/C20H19NO3/c22-19(15-7-3-1-4-8-15)21-17-11-13-18(14-12-17)24-20(23)16-9-5-2-6-10-16/h1-5,7-8,11-14,16H,6,9-10H2,(H,21,22). The minimum Gasteiger partial charge on any atom is -0.426 e. The van der Waals surface area contributed by atoms with Crippen LogP contribution >= 0.6 is 0 Å². The number of hydrogen-bond acceptors (Lipinski definition) is 3. The molecule has 0 saturated carbocycles. The molecule has 0 radical (unpaired) electrons. The van der Waals surface area contributed by atoms with Crippen LogP contribution in [0.25, 0.3) is 0 Å². The quantitative estimate of drug-likeness (QED) is 0.521. The number of carbonyl (C=O) groups is 2. The van der Waals surface area contributed by atoms with Crippen LogP contribution in [0, 0.1) is 5.92 Å². The maximum atomic E-state index is 12.1. The van der Waals surface area contributed by atoms with Gasteiger partial charge in [0.15, 0.2) is 0 Å². The number of rotatable bonds is 4. The average Bonchev–Trinajstić information content (AvgIpc) is 2.65. The second kappa shape index (κ2) is 7.59. The first-order chi connectivity index (χ1) is 11.7. The normalized spacial score (nSPS) is 16.4. The first-order valence-corrected chi connectivity index (χ1v) is 8.05. The third kappa shape index (κ3) is 4.10. The number of hydrogen-bond donors (Lipinski definition) is 1. The number of ether oxygens (including phenoxy) is 1. The molecule has 3 rings (SSSR count). The Morgan fingerprint density at radius 2 is 1.71 bits per heavy atom. The molecule has 0 spiro atoms. The molecule has 1 atom stereocenters. The molecule has 0 aliphatic heterocycles. The minimum absolute atomic E-state index is 0.0625. The maximum absolute atomic E-state index is 12.1. The highest BCUT2D eigenvalue weighted by molar-refractivity contribution is 6.04. The zero-order chi connectivity index (χ0) is 16.8. The van der Waals surface area contributed by atoms with Crippen LogP contribution in [-0.4, -0.2) is 11.9 Å².